The Hall–Kier alpha value is -1.39. The molecule has 0 spiro atoms. The van der Waals surface area contributed by atoms with Crippen LogP contribution in [-0.4, -0.2) is 30.3 Å². The molecule has 2 atom stereocenters. The Kier molecular flexibility index (Phi) is 22.7. The monoisotopic (exact) mass is 517 g/mol. The normalized spacial score (nSPS) is 12.9. The van der Waals surface area contributed by atoms with E-state index in [1.54, 1.807) is 0 Å². The molecule has 0 aliphatic heterocycles. The van der Waals surface area contributed by atoms with Gasteiger partial charge >= 0.3 is 0 Å². The number of rotatable bonds is 26. The molecule has 1 rings (SSSR count). The first-order valence-electron chi connectivity index (χ1n) is 15.7. The van der Waals surface area contributed by atoms with E-state index in [9.17, 15) is 4.79 Å². The van der Waals surface area contributed by atoms with Crippen LogP contribution in [0.25, 0.3) is 0 Å². The largest absolute Gasteiger partial charge is 0.396 e. The number of benzene rings is 1. The first-order chi connectivity index (χ1) is 18.2. The van der Waals surface area contributed by atoms with Crippen LogP contribution < -0.4 is 5.32 Å². The predicted molar refractivity (Wildman–Crippen MR) is 158 cm³/mol. The Bertz CT molecular complexity index is 621. The second-order valence-electron chi connectivity index (χ2n) is 11.1. The molecule has 1 aromatic rings. The highest BCUT2D eigenvalue weighted by Crippen LogP contribution is 2.15. The number of aliphatic hydroxyl groups excluding tert-OH is 1. The van der Waals surface area contributed by atoms with Crippen molar-refractivity contribution in [1.82, 2.24) is 5.32 Å². The summed E-state index contributed by atoms with van der Waals surface area (Å²) in [7, 11) is 0. The summed E-state index contributed by atoms with van der Waals surface area (Å²) >= 11 is 0. The van der Waals surface area contributed by atoms with Crippen LogP contribution in [0, 0.1) is 5.92 Å². The van der Waals surface area contributed by atoms with Crippen LogP contribution in [0.2, 0.25) is 0 Å². The number of hydrogen-bond donors (Lipinski definition) is 2. The minimum Gasteiger partial charge on any atom is -0.396 e. The van der Waals surface area contributed by atoms with E-state index in [1.807, 2.05) is 18.2 Å². The van der Waals surface area contributed by atoms with E-state index in [0.29, 0.717) is 19.1 Å². The lowest BCUT2D eigenvalue weighted by Crippen LogP contribution is -2.37. The van der Waals surface area contributed by atoms with Crippen LogP contribution >= 0.6 is 0 Å². The predicted octanol–water partition coefficient (Wildman–Crippen LogP) is 8.75. The molecule has 0 aliphatic rings. The van der Waals surface area contributed by atoms with E-state index in [-0.39, 0.29) is 12.0 Å². The van der Waals surface area contributed by atoms with Crippen molar-refractivity contribution in [3.05, 3.63) is 35.9 Å². The molecular formula is C33H59NO3. The number of hydrogen-bond acceptors (Lipinski definition) is 3. The number of aliphatic hydroxyl groups is 1. The zero-order chi connectivity index (χ0) is 26.8. The van der Waals surface area contributed by atoms with Crippen molar-refractivity contribution in [2.75, 3.05) is 13.2 Å². The average Bonchev–Trinajstić information content (AvgIpc) is 2.92. The van der Waals surface area contributed by atoms with Gasteiger partial charge in [0.25, 0.3) is 0 Å². The molecular weight excluding hydrogens is 458 g/mol. The number of carbonyl (C=O) groups excluding carboxylic acids is 1. The lowest BCUT2D eigenvalue weighted by atomic mass is 10.0. The van der Waals surface area contributed by atoms with Crippen molar-refractivity contribution >= 4 is 5.91 Å². The number of unbranched alkanes of at least 4 members (excludes halogenated alkanes) is 15. The van der Waals surface area contributed by atoms with Gasteiger partial charge in [-0.2, -0.15) is 0 Å². The van der Waals surface area contributed by atoms with E-state index < -0.39 is 0 Å². The summed E-state index contributed by atoms with van der Waals surface area (Å²) in [4.78, 5) is 12.9. The number of amides is 1. The van der Waals surface area contributed by atoms with Gasteiger partial charge in [-0.25, -0.2) is 0 Å². The maximum Gasteiger partial charge on any atom is 0.249 e. The van der Waals surface area contributed by atoms with Crippen LogP contribution in [-0.2, 0) is 16.1 Å². The fraction of sp³-hybridized carbons (Fsp3) is 0.788. The molecule has 1 aromatic carbocycles. The minimum absolute atomic E-state index is 0.0601. The Morgan fingerprint density at radius 3 is 1.84 bits per heavy atom. The third kappa shape index (κ3) is 20.3. The summed E-state index contributed by atoms with van der Waals surface area (Å²) in [6.07, 6.45) is 23.1. The summed E-state index contributed by atoms with van der Waals surface area (Å²) in [6, 6.07) is 10.2. The maximum atomic E-state index is 12.9. The fourth-order valence-corrected chi connectivity index (χ4v) is 4.80. The fourth-order valence-electron chi connectivity index (χ4n) is 4.80. The lowest BCUT2D eigenvalue weighted by molar-refractivity contribution is -0.134. The van der Waals surface area contributed by atoms with Crippen LogP contribution in [0.15, 0.2) is 30.3 Å². The van der Waals surface area contributed by atoms with Crippen molar-refractivity contribution in [3.8, 4) is 0 Å². The first-order valence-corrected chi connectivity index (χ1v) is 15.7. The van der Waals surface area contributed by atoms with Gasteiger partial charge in [-0.05, 0) is 30.7 Å². The third-order valence-electron chi connectivity index (χ3n) is 7.39. The number of ether oxygens (including phenoxy) is 1. The van der Waals surface area contributed by atoms with Gasteiger partial charge in [-0.3, -0.25) is 4.79 Å². The molecule has 0 saturated heterocycles. The molecule has 0 fully saturated rings. The highest BCUT2D eigenvalue weighted by molar-refractivity contribution is 5.80. The van der Waals surface area contributed by atoms with Crippen LogP contribution in [0.1, 0.15) is 141 Å². The standard InChI is InChI=1S/C33H59NO3/c1-3-4-5-6-7-8-9-12-15-21-26-32(37-29-31-24-19-17-20-25-31)33(36)34-27-22-16-13-10-11-14-18-23-30(2)28-35/h17,19-20,24-25,30,32,35H,3-16,18,21-23,26-29H2,1-2H3,(H,34,36). The average molecular weight is 518 g/mol. The molecule has 4 heteroatoms. The van der Waals surface area contributed by atoms with Crippen molar-refractivity contribution in [1.29, 1.82) is 0 Å². The second kappa shape index (κ2) is 24.9. The highest BCUT2D eigenvalue weighted by atomic mass is 16.5. The Balaban J connectivity index is 2.19. The molecule has 0 aliphatic carbocycles. The molecule has 2 unspecified atom stereocenters. The number of carbonyl (C=O) groups is 1. The Morgan fingerprint density at radius 2 is 1.27 bits per heavy atom. The van der Waals surface area contributed by atoms with Gasteiger partial charge in [0.15, 0.2) is 0 Å². The molecule has 0 aromatic heterocycles. The minimum atomic E-state index is -0.351. The van der Waals surface area contributed by atoms with Gasteiger partial charge in [0.05, 0.1) is 6.61 Å². The topological polar surface area (TPSA) is 58.6 Å². The molecule has 214 valence electrons. The summed E-state index contributed by atoms with van der Waals surface area (Å²) in [6.45, 7) is 5.93. The van der Waals surface area contributed by atoms with Crippen LogP contribution in [0.3, 0.4) is 0 Å². The smallest absolute Gasteiger partial charge is 0.249 e. The van der Waals surface area contributed by atoms with E-state index in [1.165, 1.54) is 96.3 Å². The van der Waals surface area contributed by atoms with E-state index in [0.717, 1.165) is 37.8 Å². The Labute approximate surface area is 229 Å². The van der Waals surface area contributed by atoms with Gasteiger partial charge in [0.1, 0.15) is 6.10 Å². The van der Waals surface area contributed by atoms with E-state index in [2.05, 4.69) is 31.3 Å². The molecule has 37 heavy (non-hydrogen) atoms. The van der Waals surface area contributed by atoms with Crippen molar-refractivity contribution in [2.24, 2.45) is 5.92 Å². The SMILES string of the molecule is CCCCCCCCCCCCC(OCc1ccccc1)C(=O)NCCCCCCCCCC(C)CO. The summed E-state index contributed by atoms with van der Waals surface area (Å²) in [5.41, 5.74) is 1.12. The molecule has 0 heterocycles. The third-order valence-corrected chi connectivity index (χ3v) is 7.39. The lowest BCUT2D eigenvalue weighted by Gasteiger charge is -2.18. The van der Waals surface area contributed by atoms with Gasteiger partial charge in [-0.1, -0.05) is 147 Å². The van der Waals surface area contributed by atoms with E-state index in [4.69, 9.17) is 9.84 Å². The van der Waals surface area contributed by atoms with E-state index >= 15 is 0 Å². The van der Waals surface area contributed by atoms with Crippen molar-refractivity contribution in [3.63, 3.8) is 0 Å². The molecule has 0 bridgehead atoms. The van der Waals surface area contributed by atoms with Crippen molar-refractivity contribution < 1.29 is 14.6 Å². The quantitative estimate of drug-likeness (QED) is 0.121. The number of nitrogens with one attached hydrogen (secondary N) is 1. The summed E-state index contributed by atoms with van der Waals surface area (Å²) in [5, 5.41) is 12.2. The van der Waals surface area contributed by atoms with Gasteiger partial charge in [-0.15, -0.1) is 0 Å². The molecule has 1 amide bonds. The zero-order valence-corrected chi connectivity index (χ0v) is 24.4. The Morgan fingerprint density at radius 1 is 0.757 bits per heavy atom. The molecule has 0 radical (unpaired) electrons. The first kappa shape index (κ1) is 33.6. The van der Waals surface area contributed by atoms with Gasteiger partial charge in [0.2, 0.25) is 5.91 Å². The highest BCUT2D eigenvalue weighted by Gasteiger charge is 2.18. The van der Waals surface area contributed by atoms with Gasteiger partial charge in [0, 0.05) is 13.2 Å². The maximum absolute atomic E-state index is 12.9. The summed E-state index contributed by atoms with van der Waals surface area (Å²) in [5.74, 6) is 0.499. The molecule has 4 nitrogen and oxygen atoms in total. The van der Waals surface area contributed by atoms with Crippen LogP contribution in [0.5, 0.6) is 0 Å². The molecule has 2 N–H and O–H groups in total. The van der Waals surface area contributed by atoms with Crippen LogP contribution in [0.4, 0.5) is 0 Å². The van der Waals surface area contributed by atoms with Gasteiger partial charge < -0.3 is 15.2 Å². The summed E-state index contributed by atoms with van der Waals surface area (Å²) < 4.78 is 6.10. The molecule has 0 saturated carbocycles. The zero-order valence-electron chi connectivity index (χ0n) is 24.4. The van der Waals surface area contributed by atoms with Crippen molar-refractivity contribution in [2.45, 2.75) is 149 Å². The second-order valence-corrected chi connectivity index (χ2v) is 11.1.